The first kappa shape index (κ1) is 16.8. The summed E-state index contributed by atoms with van der Waals surface area (Å²) in [4.78, 5) is 12.9. The van der Waals surface area contributed by atoms with Crippen molar-refractivity contribution < 1.29 is 4.79 Å². The predicted molar refractivity (Wildman–Crippen MR) is 88.0 cm³/mol. The molecule has 0 heterocycles. The topological polar surface area (TPSA) is 55.1 Å². The van der Waals surface area contributed by atoms with Crippen LogP contribution in [0.1, 0.15) is 84.0 Å². The van der Waals surface area contributed by atoms with Crippen molar-refractivity contribution in [1.82, 2.24) is 5.32 Å². The summed E-state index contributed by atoms with van der Waals surface area (Å²) in [5, 5.41) is 3.41. The Hall–Kier alpha value is -0.570. The zero-order valence-electron chi connectivity index (χ0n) is 13.8. The SMILES string of the molecule is CCC(NC(=O)C1(CN)CCCCCC1)C1CCCCC1. The molecule has 2 saturated carbocycles. The zero-order valence-corrected chi connectivity index (χ0v) is 13.8. The predicted octanol–water partition coefficient (Wildman–Crippen LogP) is 3.76. The largest absolute Gasteiger partial charge is 0.353 e. The van der Waals surface area contributed by atoms with Crippen LogP contribution in [-0.4, -0.2) is 18.5 Å². The zero-order chi connectivity index (χ0) is 15.1. The van der Waals surface area contributed by atoms with Gasteiger partial charge >= 0.3 is 0 Å². The third-order valence-electron chi connectivity index (χ3n) is 5.91. The number of carbonyl (C=O) groups excluding carboxylic acids is 1. The Bertz CT molecular complexity index is 315. The Kier molecular flexibility index (Phi) is 6.53. The van der Waals surface area contributed by atoms with Crippen LogP contribution in [0.15, 0.2) is 0 Å². The van der Waals surface area contributed by atoms with E-state index in [-0.39, 0.29) is 11.3 Å². The molecule has 3 heteroatoms. The number of carbonyl (C=O) groups is 1. The van der Waals surface area contributed by atoms with Crippen LogP contribution < -0.4 is 11.1 Å². The van der Waals surface area contributed by atoms with Crippen LogP contribution >= 0.6 is 0 Å². The molecule has 3 N–H and O–H groups in total. The van der Waals surface area contributed by atoms with Crippen LogP contribution in [-0.2, 0) is 4.79 Å². The molecule has 122 valence electrons. The maximum atomic E-state index is 12.9. The van der Waals surface area contributed by atoms with Gasteiger partial charge in [0.2, 0.25) is 5.91 Å². The van der Waals surface area contributed by atoms with Crippen molar-refractivity contribution in [1.29, 1.82) is 0 Å². The number of nitrogens with one attached hydrogen (secondary N) is 1. The average Bonchev–Trinajstić information content (AvgIpc) is 2.79. The van der Waals surface area contributed by atoms with Gasteiger partial charge in [0.15, 0.2) is 0 Å². The molecule has 1 unspecified atom stereocenters. The van der Waals surface area contributed by atoms with E-state index in [1.54, 1.807) is 0 Å². The summed E-state index contributed by atoms with van der Waals surface area (Å²) in [6.07, 6.45) is 14.5. The smallest absolute Gasteiger partial charge is 0.227 e. The van der Waals surface area contributed by atoms with Crippen molar-refractivity contribution in [2.45, 2.75) is 90.0 Å². The summed E-state index contributed by atoms with van der Waals surface area (Å²) in [7, 11) is 0. The van der Waals surface area contributed by atoms with Crippen molar-refractivity contribution >= 4 is 5.91 Å². The second kappa shape index (κ2) is 8.17. The molecule has 0 radical (unpaired) electrons. The number of amides is 1. The minimum absolute atomic E-state index is 0.254. The minimum atomic E-state index is -0.279. The first-order chi connectivity index (χ1) is 10.2. The molecule has 0 aromatic carbocycles. The van der Waals surface area contributed by atoms with Gasteiger partial charge in [0.25, 0.3) is 0 Å². The first-order valence-electron chi connectivity index (χ1n) is 9.23. The summed E-state index contributed by atoms with van der Waals surface area (Å²) >= 11 is 0. The molecule has 1 atom stereocenters. The molecule has 2 aliphatic rings. The highest BCUT2D eigenvalue weighted by Crippen LogP contribution is 2.35. The Morgan fingerprint density at radius 1 is 1.10 bits per heavy atom. The van der Waals surface area contributed by atoms with Gasteiger partial charge in [-0.15, -0.1) is 0 Å². The van der Waals surface area contributed by atoms with E-state index in [2.05, 4.69) is 12.2 Å². The van der Waals surface area contributed by atoms with Crippen LogP contribution in [0.4, 0.5) is 0 Å². The van der Waals surface area contributed by atoms with Crippen LogP contribution in [0, 0.1) is 11.3 Å². The first-order valence-corrected chi connectivity index (χ1v) is 9.23. The molecular weight excluding hydrogens is 260 g/mol. The Morgan fingerprint density at radius 3 is 2.19 bits per heavy atom. The summed E-state index contributed by atoms with van der Waals surface area (Å²) in [6.45, 7) is 2.72. The van der Waals surface area contributed by atoms with Crippen molar-refractivity contribution in [3.05, 3.63) is 0 Å². The van der Waals surface area contributed by atoms with Gasteiger partial charge in [-0.05, 0) is 38.0 Å². The van der Waals surface area contributed by atoms with Crippen LogP contribution in [0.3, 0.4) is 0 Å². The molecule has 2 aliphatic carbocycles. The standard InChI is InChI=1S/C18H34N2O/c1-2-16(15-10-6-5-7-11-15)20-17(21)18(14-19)12-8-3-4-9-13-18/h15-16H,2-14,19H2,1H3,(H,20,21). The van der Waals surface area contributed by atoms with Gasteiger partial charge in [0.1, 0.15) is 0 Å². The van der Waals surface area contributed by atoms with E-state index in [1.165, 1.54) is 44.9 Å². The molecule has 0 saturated heterocycles. The number of hydrogen-bond acceptors (Lipinski definition) is 2. The van der Waals surface area contributed by atoms with E-state index < -0.39 is 0 Å². The second-order valence-corrected chi connectivity index (χ2v) is 7.28. The van der Waals surface area contributed by atoms with Crippen molar-refractivity contribution in [2.75, 3.05) is 6.54 Å². The summed E-state index contributed by atoms with van der Waals surface area (Å²) in [5.41, 5.74) is 5.76. The van der Waals surface area contributed by atoms with E-state index in [0.29, 0.717) is 18.5 Å². The van der Waals surface area contributed by atoms with E-state index in [0.717, 1.165) is 32.1 Å². The van der Waals surface area contributed by atoms with E-state index in [4.69, 9.17) is 5.73 Å². The summed E-state index contributed by atoms with van der Waals surface area (Å²) < 4.78 is 0. The Balaban J connectivity index is 1.98. The molecule has 0 aromatic rings. The monoisotopic (exact) mass is 294 g/mol. The lowest BCUT2D eigenvalue weighted by Gasteiger charge is -2.35. The van der Waals surface area contributed by atoms with E-state index in [9.17, 15) is 4.79 Å². The Labute approximate surface area is 130 Å². The number of nitrogens with two attached hydrogens (primary N) is 1. The minimum Gasteiger partial charge on any atom is -0.353 e. The molecule has 0 bridgehead atoms. The van der Waals surface area contributed by atoms with Crippen molar-refractivity contribution in [2.24, 2.45) is 17.1 Å². The summed E-state index contributed by atoms with van der Waals surface area (Å²) in [5.74, 6) is 0.942. The lowest BCUT2D eigenvalue weighted by Crippen LogP contribution is -2.51. The molecular formula is C18H34N2O. The van der Waals surface area contributed by atoms with Gasteiger partial charge in [0.05, 0.1) is 5.41 Å². The lowest BCUT2D eigenvalue weighted by molar-refractivity contribution is -0.132. The Morgan fingerprint density at radius 2 is 1.67 bits per heavy atom. The molecule has 0 spiro atoms. The normalized spacial score (nSPS) is 25.0. The van der Waals surface area contributed by atoms with Gasteiger partial charge in [-0.25, -0.2) is 0 Å². The fraction of sp³-hybridized carbons (Fsp3) is 0.944. The summed E-state index contributed by atoms with van der Waals surface area (Å²) in [6, 6.07) is 0.365. The maximum Gasteiger partial charge on any atom is 0.227 e. The lowest BCUT2D eigenvalue weighted by atomic mass is 9.78. The maximum absolute atomic E-state index is 12.9. The van der Waals surface area contributed by atoms with Gasteiger partial charge in [0, 0.05) is 12.6 Å². The van der Waals surface area contributed by atoms with Crippen LogP contribution in [0.5, 0.6) is 0 Å². The fourth-order valence-corrected chi connectivity index (χ4v) is 4.34. The number of rotatable bonds is 5. The van der Waals surface area contributed by atoms with Crippen LogP contribution in [0.25, 0.3) is 0 Å². The van der Waals surface area contributed by atoms with Gasteiger partial charge in [-0.2, -0.15) is 0 Å². The molecule has 2 rings (SSSR count). The van der Waals surface area contributed by atoms with E-state index in [1.807, 2.05) is 0 Å². The van der Waals surface area contributed by atoms with Crippen molar-refractivity contribution in [3.63, 3.8) is 0 Å². The highest BCUT2D eigenvalue weighted by Gasteiger charge is 2.38. The highest BCUT2D eigenvalue weighted by molar-refractivity contribution is 5.83. The second-order valence-electron chi connectivity index (χ2n) is 7.28. The van der Waals surface area contributed by atoms with Gasteiger partial charge in [-0.1, -0.05) is 51.9 Å². The molecule has 3 nitrogen and oxygen atoms in total. The molecule has 2 fully saturated rings. The fourth-order valence-electron chi connectivity index (χ4n) is 4.34. The van der Waals surface area contributed by atoms with Crippen LogP contribution in [0.2, 0.25) is 0 Å². The quantitative estimate of drug-likeness (QED) is 0.759. The van der Waals surface area contributed by atoms with Gasteiger partial charge < -0.3 is 11.1 Å². The number of hydrogen-bond donors (Lipinski definition) is 2. The molecule has 21 heavy (non-hydrogen) atoms. The highest BCUT2D eigenvalue weighted by atomic mass is 16.2. The van der Waals surface area contributed by atoms with E-state index >= 15 is 0 Å². The van der Waals surface area contributed by atoms with Crippen molar-refractivity contribution in [3.8, 4) is 0 Å². The molecule has 0 aromatic heterocycles. The third-order valence-corrected chi connectivity index (χ3v) is 5.91. The third kappa shape index (κ3) is 4.21. The average molecular weight is 294 g/mol. The molecule has 1 amide bonds. The molecule has 0 aliphatic heterocycles. The van der Waals surface area contributed by atoms with Gasteiger partial charge in [-0.3, -0.25) is 4.79 Å².